The number of thiazole rings is 1. The summed E-state index contributed by atoms with van der Waals surface area (Å²) in [6.45, 7) is 1.39. The lowest BCUT2D eigenvalue weighted by molar-refractivity contribution is -0.114. The van der Waals surface area contributed by atoms with E-state index in [9.17, 15) is 13.2 Å². The number of anilines is 1. The normalized spacial score (nSPS) is 11.4. The van der Waals surface area contributed by atoms with Gasteiger partial charge in [0, 0.05) is 18.5 Å². The summed E-state index contributed by atoms with van der Waals surface area (Å²) in [5.74, 6) is -0.337. The number of carbonyl (C=O) groups is 1. The smallest absolute Gasteiger partial charge is 0.270 e. The zero-order valence-electron chi connectivity index (χ0n) is 9.65. The van der Waals surface area contributed by atoms with Gasteiger partial charge in [0.1, 0.15) is 5.01 Å². The molecule has 0 saturated carbocycles. The van der Waals surface area contributed by atoms with Gasteiger partial charge in [0.15, 0.2) is 0 Å². The molecule has 0 aliphatic rings. The van der Waals surface area contributed by atoms with Gasteiger partial charge in [-0.15, -0.1) is 21.5 Å². The molecule has 0 aliphatic heterocycles. The van der Waals surface area contributed by atoms with E-state index < -0.39 is 10.0 Å². The molecule has 2 rings (SSSR count). The molecule has 102 valence electrons. The molecule has 0 saturated heterocycles. The fourth-order valence-corrected chi connectivity index (χ4v) is 3.70. The van der Waals surface area contributed by atoms with Crippen LogP contribution in [0.25, 0.3) is 0 Å². The van der Waals surface area contributed by atoms with Crippen molar-refractivity contribution in [1.82, 2.24) is 19.9 Å². The Hall–Kier alpha value is -1.43. The van der Waals surface area contributed by atoms with Crippen LogP contribution < -0.4 is 10.0 Å². The van der Waals surface area contributed by atoms with Gasteiger partial charge in [0.25, 0.3) is 10.0 Å². The summed E-state index contributed by atoms with van der Waals surface area (Å²) in [5.41, 5.74) is 0. The van der Waals surface area contributed by atoms with Crippen molar-refractivity contribution in [1.29, 1.82) is 0 Å². The molecular formula is C8H9N5O3S3. The molecule has 0 fully saturated rings. The third-order valence-corrected chi connectivity index (χ3v) is 5.20. The van der Waals surface area contributed by atoms with E-state index in [-0.39, 0.29) is 21.9 Å². The van der Waals surface area contributed by atoms with Gasteiger partial charge in [-0.1, -0.05) is 11.3 Å². The molecule has 0 bridgehead atoms. The number of nitrogens with one attached hydrogen (secondary N) is 2. The number of sulfonamides is 1. The van der Waals surface area contributed by atoms with Crippen LogP contribution in [-0.4, -0.2) is 29.5 Å². The van der Waals surface area contributed by atoms with E-state index in [0.29, 0.717) is 5.01 Å². The minimum Gasteiger partial charge on any atom is -0.301 e. The lowest BCUT2D eigenvalue weighted by Gasteiger charge is -2.00. The van der Waals surface area contributed by atoms with E-state index in [4.69, 9.17) is 0 Å². The summed E-state index contributed by atoms with van der Waals surface area (Å²) in [6.07, 6.45) is 1.59. The van der Waals surface area contributed by atoms with Crippen LogP contribution in [0.4, 0.5) is 5.13 Å². The minimum absolute atomic E-state index is 0.0923. The fraction of sp³-hybridized carbons (Fsp3) is 0.250. The molecule has 1 amide bonds. The van der Waals surface area contributed by atoms with Crippen LogP contribution in [0.5, 0.6) is 0 Å². The quantitative estimate of drug-likeness (QED) is 0.773. The predicted octanol–water partition coefficient (Wildman–Crippen LogP) is 0.432. The van der Waals surface area contributed by atoms with Gasteiger partial charge in [-0.05, 0) is 0 Å². The third-order valence-electron chi connectivity index (χ3n) is 1.82. The Labute approximate surface area is 117 Å². The van der Waals surface area contributed by atoms with Crippen LogP contribution in [-0.2, 0) is 21.4 Å². The van der Waals surface area contributed by atoms with Crippen molar-refractivity contribution in [3.05, 3.63) is 16.6 Å². The Kier molecular flexibility index (Phi) is 4.19. The van der Waals surface area contributed by atoms with Crippen molar-refractivity contribution in [3.8, 4) is 0 Å². The average Bonchev–Trinajstić information content (AvgIpc) is 2.96. The van der Waals surface area contributed by atoms with E-state index in [0.717, 1.165) is 11.3 Å². The third kappa shape index (κ3) is 3.76. The highest BCUT2D eigenvalue weighted by molar-refractivity contribution is 7.91. The van der Waals surface area contributed by atoms with Gasteiger partial charge in [0.05, 0.1) is 6.54 Å². The molecule has 19 heavy (non-hydrogen) atoms. The van der Waals surface area contributed by atoms with Crippen molar-refractivity contribution in [2.75, 3.05) is 5.32 Å². The van der Waals surface area contributed by atoms with Gasteiger partial charge in [-0.2, -0.15) is 0 Å². The summed E-state index contributed by atoms with van der Waals surface area (Å²) in [7, 11) is -3.74. The van der Waals surface area contributed by atoms with Crippen molar-refractivity contribution in [2.24, 2.45) is 0 Å². The lowest BCUT2D eigenvalue weighted by atomic mass is 10.7. The first-order valence-corrected chi connectivity index (χ1v) is 8.14. The van der Waals surface area contributed by atoms with Crippen molar-refractivity contribution in [3.63, 3.8) is 0 Å². The van der Waals surface area contributed by atoms with Crippen molar-refractivity contribution in [2.45, 2.75) is 17.8 Å². The summed E-state index contributed by atoms with van der Waals surface area (Å²) in [6, 6.07) is 0. The first kappa shape index (κ1) is 14.0. The Morgan fingerprint density at radius 2 is 2.21 bits per heavy atom. The molecule has 2 aromatic heterocycles. The zero-order chi connectivity index (χ0) is 13.9. The largest absolute Gasteiger partial charge is 0.301 e. The van der Waals surface area contributed by atoms with E-state index in [1.54, 1.807) is 11.6 Å². The van der Waals surface area contributed by atoms with E-state index in [1.165, 1.54) is 18.3 Å². The first-order valence-electron chi connectivity index (χ1n) is 4.96. The van der Waals surface area contributed by atoms with Crippen LogP contribution >= 0.6 is 22.7 Å². The molecular weight excluding hydrogens is 310 g/mol. The molecule has 0 aromatic carbocycles. The zero-order valence-corrected chi connectivity index (χ0v) is 12.1. The molecule has 0 atom stereocenters. The number of hydrogen-bond acceptors (Lipinski definition) is 8. The predicted molar refractivity (Wildman–Crippen MR) is 70.4 cm³/mol. The summed E-state index contributed by atoms with van der Waals surface area (Å²) < 4.78 is 25.9. The highest BCUT2D eigenvalue weighted by Gasteiger charge is 2.20. The molecule has 0 aliphatic carbocycles. The SMILES string of the molecule is CC(=O)Nc1nnc(S(=O)(=O)NCc2nccs2)s1. The topological polar surface area (TPSA) is 114 Å². The average molecular weight is 319 g/mol. The Bertz CT molecular complexity index is 664. The first-order chi connectivity index (χ1) is 8.97. The Balaban J connectivity index is 2.06. The summed E-state index contributed by atoms with van der Waals surface area (Å²) >= 11 is 2.13. The maximum atomic E-state index is 11.9. The molecule has 2 aromatic rings. The minimum atomic E-state index is -3.74. The molecule has 2 N–H and O–H groups in total. The van der Waals surface area contributed by atoms with Crippen molar-refractivity contribution < 1.29 is 13.2 Å². The van der Waals surface area contributed by atoms with Crippen LogP contribution in [0.15, 0.2) is 15.9 Å². The monoisotopic (exact) mass is 319 g/mol. The number of nitrogens with zero attached hydrogens (tertiary/aromatic N) is 3. The molecule has 2 heterocycles. The number of hydrogen-bond donors (Lipinski definition) is 2. The second-order valence-corrected chi connectivity index (χ2v) is 7.20. The Morgan fingerprint density at radius 3 is 2.84 bits per heavy atom. The molecule has 11 heteroatoms. The van der Waals surface area contributed by atoms with Gasteiger partial charge in [0.2, 0.25) is 15.4 Å². The fourth-order valence-electron chi connectivity index (χ4n) is 1.08. The Morgan fingerprint density at radius 1 is 1.42 bits per heavy atom. The number of rotatable bonds is 5. The van der Waals surface area contributed by atoms with E-state index in [2.05, 4.69) is 25.2 Å². The standard InChI is InChI=1S/C8H9N5O3S3/c1-5(14)11-7-12-13-8(18-7)19(15,16)10-4-6-9-2-3-17-6/h2-3,10H,4H2,1H3,(H,11,12,14). The maximum Gasteiger partial charge on any atom is 0.270 e. The number of aromatic nitrogens is 3. The van der Waals surface area contributed by atoms with Crippen LogP contribution in [0.1, 0.15) is 11.9 Å². The van der Waals surface area contributed by atoms with Crippen LogP contribution in [0, 0.1) is 0 Å². The van der Waals surface area contributed by atoms with Crippen LogP contribution in [0.3, 0.4) is 0 Å². The lowest BCUT2D eigenvalue weighted by Crippen LogP contribution is -2.23. The van der Waals surface area contributed by atoms with Gasteiger partial charge in [-0.3, -0.25) is 4.79 Å². The maximum absolute atomic E-state index is 11.9. The van der Waals surface area contributed by atoms with Gasteiger partial charge in [-0.25, -0.2) is 18.1 Å². The van der Waals surface area contributed by atoms with E-state index >= 15 is 0 Å². The van der Waals surface area contributed by atoms with Crippen molar-refractivity contribution >= 4 is 43.7 Å². The van der Waals surface area contributed by atoms with Gasteiger partial charge < -0.3 is 5.32 Å². The summed E-state index contributed by atoms with van der Waals surface area (Å²) in [4.78, 5) is 14.8. The molecule has 0 spiro atoms. The number of amides is 1. The van der Waals surface area contributed by atoms with Crippen LogP contribution in [0.2, 0.25) is 0 Å². The molecule has 0 unspecified atom stereocenters. The summed E-state index contributed by atoms with van der Waals surface area (Å²) in [5, 5.41) is 12.0. The number of carbonyl (C=O) groups excluding carboxylic acids is 1. The highest BCUT2D eigenvalue weighted by Crippen LogP contribution is 2.19. The second-order valence-electron chi connectivity index (χ2n) is 3.30. The van der Waals surface area contributed by atoms with Gasteiger partial charge >= 0.3 is 0 Å². The molecule has 0 radical (unpaired) electrons. The van der Waals surface area contributed by atoms with E-state index in [1.807, 2.05) is 0 Å². The second kappa shape index (κ2) is 5.69. The molecule has 8 nitrogen and oxygen atoms in total. The highest BCUT2D eigenvalue weighted by atomic mass is 32.2.